The molecule has 0 radical (unpaired) electrons. The molecule has 144 valence electrons. The van der Waals surface area contributed by atoms with Crippen LogP contribution >= 0.6 is 12.4 Å². The summed E-state index contributed by atoms with van der Waals surface area (Å²) in [4.78, 5) is 39.1. The van der Waals surface area contributed by atoms with Gasteiger partial charge in [-0.3, -0.25) is 18.7 Å². The first-order valence-electron chi connectivity index (χ1n) is 8.59. The smallest absolute Gasteiger partial charge is 0.332 e. The summed E-state index contributed by atoms with van der Waals surface area (Å²) in [6.45, 7) is 3.41. The van der Waals surface area contributed by atoms with Gasteiger partial charge in [-0.15, -0.1) is 12.4 Å². The minimum atomic E-state index is -0.406. The number of rotatable bonds is 3. The van der Waals surface area contributed by atoms with Gasteiger partial charge in [0.25, 0.3) is 5.56 Å². The second-order valence-electron chi connectivity index (χ2n) is 6.99. The van der Waals surface area contributed by atoms with Gasteiger partial charge in [-0.1, -0.05) is 6.92 Å². The van der Waals surface area contributed by atoms with Gasteiger partial charge in [-0.2, -0.15) is 0 Å². The topological polar surface area (TPSA) is 95.3 Å². The molecule has 1 aliphatic rings. The van der Waals surface area contributed by atoms with Gasteiger partial charge in [-0.05, 0) is 24.8 Å². The van der Waals surface area contributed by atoms with Gasteiger partial charge >= 0.3 is 5.69 Å². The molecule has 0 bridgehead atoms. The van der Waals surface area contributed by atoms with Gasteiger partial charge < -0.3 is 15.2 Å². The highest BCUT2D eigenvalue weighted by molar-refractivity contribution is 5.85. The highest BCUT2D eigenvalue weighted by Crippen LogP contribution is 2.22. The zero-order valence-corrected chi connectivity index (χ0v) is 16.2. The predicted octanol–water partition coefficient (Wildman–Crippen LogP) is 0.0463. The van der Waals surface area contributed by atoms with Crippen molar-refractivity contribution >= 4 is 29.3 Å². The molecule has 0 spiro atoms. The summed E-state index contributed by atoms with van der Waals surface area (Å²) >= 11 is 0. The van der Waals surface area contributed by atoms with E-state index in [0.717, 1.165) is 17.4 Å². The van der Waals surface area contributed by atoms with E-state index >= 15 is 0 Å². The quantitative estimate of drug-likeness (QED) is 0.809. The molecule has 9 heteroatoms. The van der Waals surface area contributed by atoms with Gasteiger partial charge in [0, 0.05) is 39.4 Å². The number of aryl methyl sites for hydroxylation is 1. The number of carbonyl (C=O) groups excluding carboxylic acids is 1. The van der Waals surface area contributed by atoms with Crippen LogP contribution in [-0.2, 0) is 25.4 Å². The maximum atomic E-state index is 12.8. The number of carbonyl (C=O) groups is 1. The van der Waals surface area contributed by atoms with Gasteiger partial charge in [0.15, 0.2) is 0 Å². The summed E-state index contributed by atoms with van der Waals surface area (Å²) in [5.41, 5.74) is 5.56. The van der Waals surface area contributed by atoms with E-state index in [4.69, 9.17) is 5.73 Å². The Morgan fingerprint density at radius 1 is 1.27 bits per heavy atom. The van der Waals surface area contributed by atoms with Crippen LogP contribution in [0.2, 0.25) is 0 Å². The van der Waals surface area contributed by atoms with Crippen LogP contribution in [-0.4, -0.2) is 43.6 Å². The minimum absolute atomic E-state index is 0. The number of aromatic nitrogens is 3. The number of piperidine rings is 1. The molecule has 26 heavy (non-hydrogen) atoms. The lowest BCUT2D eigenvalue weighted by atomic mass is 9.92. The Bertz CT molecular complexity index is 929. The summed E-state index contributed by atoms with van der Waals surface area (Å²) < 4.78 is 4.15. The lowest BCUT2D eigenvalue weighted by molar-refractivity contribution is -0.135. The first-order chi connectivity index (χ1) is 11.8. The van der Waals surface area contributed by atoms with Crippen molar-refractivity contribution in [3.63, 3.8) is 0 Å². The summed E-state index contributed by atoms with van der Waals surface area (Å²) in [5, 5.41) is 0.431. The van der Waals surface area contributed by atoms with Crippen LogP contribution in [0.25, 0.3) is 11.0 Å². The molecular formula is C17H26ClN5O3. The average Bonchev–Trinajstić information content (AvgIpc) is 3.01. The molecule has 1 amide bonds. The maximum Gasteiger partial charge on any atom is 0.332 e. The third-order valence-corrected chi connectivity index (χ3v) is 5.24. The number of likely N-dealkylation sites (tertiary alicyclic amines) is 1. The van der Waals surface area contributed by atoms with Gasteiger partial charge in [0.2, 0.25) is 5.91 Å². The number of hydrogen-bond acceptors (Lipinski definition) is 4. The lowest BCUT2D eigenvalue weighted by Gasteiger charge is -2.38. The van der Waals surface area contributed by atoms with E-state index < -0.39 is 5.69 Å². The lowest BCUT2D eigenvalue weighted by Crippen LogP contribution is -2.50. The number of amides is 1. The Morgan fingerprint density at radius 3 is 2.62 bits per heavy atom. The summed E-state index contributed by atoms with van der Waals surface area (Å²) in [6, 6.07) is 1.71. The largest absolute Gasteiger partial charge is 0.337 e. The van der Waals surface area contributed by atoms with Crippen molar-refractivity contribution in [3.05, 3.63) is 33.1 Å². The zero-order valence-electron chi connectivity index (χ0n) is 15.3. The van der Waals surface area contributed by atoms with E-state index in [1.54, 1.807) is 23.9 Å². The molecule has 2 aromatic heterocycles. The predicted molar refractivity (Wildman–Crippen MR) is 103 cm³/mol. The molecule has 3 rings (SSSR count). The standard InChI is InChI=1S/C17H25N5O3.ClH/c1-11-4-7-22(12(8-11)9-18)14(23)10-21-6-5-13-15(21)19(2)17(25)20(3)16(13)24;/h5-6,11-12H,4,7-10,18H2,1-3H3;1H. The number of nitrogens with two attached hydrogens (primary N) is 1. The molecular weight excluding hydrogens is 358 g/mol. The minimum Gasteiger partial charge on any atom is -0.337 e. The molecule has 1 fully saturated rings. The number of nitrogens with zero attached hydrogens (tertiary/aromatic N) is 4. The second-order valence-corrected chi connectivity index (χ2v) is 6.99. The zero-order chi connectivity index (χ0) is 18.3. The third-order valence-electron chi connectivity index (χ3n) is 5.24. The fraction of sp³-hybridized carbons (Fsp3) is 0.588. The summed E-state index contributed by atoms with van der Waals surface area (Å²) in [6.07, 6.45) is 3.56. The molecule has 2 atom stereocenters. The van der Waals surface area contributed by atoms with Crippen LogP contribution in [0, 0.1) is 5.92 Å². The molecule has 2 N–H and O–H groups in total. The second kappa shape index (κ2) is 7.67. The molecule has 1 saturated heterocycles. The Kier molecular flexibility index (Phi) is 5.98. The Morgan fingerprint density at radius 2 is 1.96 bits per heavy atom. The van der Waals surface area contributed by atoms with Crippen LogP contribution in [0.15, 0.2) is 21.9 Å². The molecule has 8 nitrogen and oxygen atoms in total. The highest BCUT2D eigenvalue weighted by Gasteiger charge is 2.29. The van der Waals surface area contributed by atoms with Crippen LogP contribution in [0.4, 0.5) is 0 Å². The van der Waals surface area contributed by atoms with Crippen LogP contribution in [0.1, 0.15) is 19.8 Å². The molecule has 2 aromatic rings. The monoisotopic (exact) mass is 383 g/mol. The fourth-order valence-corrected chi connectivity index (χ4v) is 3.76. The molecule has 0 saturated carbocycles. The van der Waals surface area contributed by atoms with Crippen molar-refractivity contribution in [2.45, 2.75) is 32.4 Å². The molecule has 2 unspecified atom stereocenters. The first kappa shape index (κ1) is 20.3. The van der Waals surface area contributed by atoms with E-state index in [9.17, 15) is 14.4 Å². The number of hydrogen-bond donors (Lipinski definition) is 1. The van der Waals surface area contributed by atoms with Crippen molar-refractivity contribution in [1.82, 2.24) is 18.6 Å². The fourth-order valence-electron chi connectivity index (χ4n) is 3.76. The number of fused-ring (bicyclic) bond motifs is 1. The highest BCUT2D eigenvalue weighted by atomic mass is 35.5. The molecule has 3 heterocycles. The van der Waals surface area contributed by atoms with E-state index in [0.29, 0.717) is 30.0 Å². The Labute approximate surface area is 157 Å². The molecule has 1 aliphatic heterocycles. The van der Waals surface area contributed by atoms with Crippen LogP contribution in [0.3, 0.4) is 0 Å². The number of halogens is 1. The van der Waals surface area contributed by atoms with Crippen molar-refractivity contribution in [1.29, 1.82) is 0 Å². The van der Waals surface area contributed by atoms with Crippen molar-refractivity contribution in [2.24, 2.45) is 25.7 Å². The third kappa shape index (κ3) is 3.31. The average molecular weight is 384 g/mol. The Balaban J connectivity index is 0.00000243. The SMILES string of the molecule is CC1CCN(C(=O)Cn2ccc3c(=O)n(C)c(=O)n(C)c32)C(CN)C1.Cl. The van der Waals surface area contributed by atoms with Crippen molar-refractivity contribution in [2.75, 3.05) is 13.1 Å². The first-order valence-corrected chi connectivity index (χ1v) is 8.59. The van der Waals surface area contributed by atoms with Crippen LogP contribution in [0.5, 0.6) is 0 Å². The van der Waals surface area contributed by atoms with E-state index in [1.165, 1.54) is 11.6 Å². The van der Waals surface area contributed by atoms with Crippen molar-refractivity contribution < 1.29 is 4.79 Å². The van der Waals surface area contributed by atoms with Gasteiger partial charge in [-0.25, -0.2) is 4.79 Å². The molecule has 0 aromatic carbocycles. The summed E-state index contributed by atoms with van der Waals surface area (Å²) in [7, 11) is 3.06. The summed E-state index contributed by atoms with van der Waals surface area (Å²) in [5.74, 6) is 0.529. The van der Waals surface area contributed by atoms with Gasteiger partial charge in [0.05, 0.1) is 5.39 Å². The van der Waals surface area contributed by atoms with Crippen molar-refractivity contribution in [3.8, 4) is 0 Å². The maximum absolute atomic E-state index is 12.8. The normalized spacial score (nSPS) is 20.2. The van der Waals surface area contributed by atoms with Gasteiger partial charge in [0.1, 0.15) is 12.2 Å². The van der Waals surface area contributed by atoms with Crippen LogP contribution < -0.4 is 17.0 Å². The van der Waals surface area contributed by atoms with E-state index in [-0.39, 0.29) is 36.5 Å². The Hall–Kier alpha value is -2.06. The van der Waals surface area contributed by atoms with E-state index in [2.05, 4.69) is 6.92 Å². The molecule has 0 aliphatic carbocycles. The van der Waals surface area contributed by atoms with E-state index in [1.807, 2.05) is 4.90 Å².